The minimum Gasteiger partial charge on any atom is -0.389 e. The van der Waals surface area contributed by atoms with Crippen LogP contribution >= 0.6 is 0 Å². The molecule has 2 rings (SSSR count). The van der Waals surface area contributed by atoms with Crippen LogP contribution in [0.3, 0.4) is 0 Å². The third-order valence-electron chi connectivity index (χ3n) is 2.78. The number of hydrogen-bond donors (Lipinski definition) is 1. The predicted molar refractivity (Wildman–Crippen MR) is 69.2 cm³/mol. The molecule has 0 aromatic heterocycles. The quantitative estimate of drug-likeness (QED) is 0.664. The van der Waals surface area contributed by atoms with Gasteiger partial charge in [0.25, 0.3) is 5.69 Å². The Labute approximate surface area is 105 Å². The Kier molecular flexibility index (Phi) is 3.39. The molecular weight excluding hydrogens is 230 g/mol. The summed E-state index contributed by atoms with van der Waals surface area (Å²) in [5.41, 5.74) is 2.36. The van der Waals surface area contributed by atoms with Crippen LogP contribution in [0.5, 0.6) is 0 Å². The normalized spacial score (nSPS) is 12.1. The fourth-order valence-corrected chi connectivity index (χ4v) is 1.91. The average Bonchev–Trinajstić information content (AvgIpc) is 2.39. The topological polar surface area (TPSA) is 63.4 Å². The summed E-state index contributed by atoms with van der Waals surface area (Å²) in [4.78, 5) is 10.3. The van der Waals surface area contributed by atoms with Crippen molar-refractivity contribution in [1.29, 1.82) is 0 Å². The average molecular weight is 243 g/mol. The van der Waals surface area contributed by atoms with Gasteiger partial charge in [0.1, 0.15) is 0 Å². The second-order valence-corrected chi connectivity index (χ2v) is 4.07. The number of hydrogen-bond acceptors (Lipinski definition) is 3. The lowest BCUT2D eigenvalue weighted by Crippen LogP contribution is -1.95. The highest BCUT2D eigenvalue weighted by atomic mass is 16.6. The molecule has 0 aliphatic heterocycles. The number of nitrogens with zero attached hydrogens (tertiary/aromatic N) is 1. The summed E-state index contributed by atoms with van der Waals surface area (Å²) in [6.07, 6.45) is -0.611. The summed E-state index contributed by atoms with van der Waals surface area (Å²) in [7, 11) is 0. The second-order valence-electron chi connectivity index (χ2n) is 4.07. The smallest absolute Gasteiger partial charge is 0.270 e. The second kappa shape index (κ2) is 4.98. The molecule has 4 nitrogen and oxygen atoms in total. The van der Waals surface area contributed by atoms with Gasteiger partial charge in [-0.25, -0.2) is 0 Å². The molecule has 0 spiro atoms. The van der Waals surface area contributed by atoms with Crippen LogP contribution in [0.2, 0.25) is 0 Å². The molecule has 0 fully saturated rings. The SMILES string of the molecule is CC(O)c1ccccc1-c1cccc([N+](=O)[O-])c1. The van der Waals surface area contributed by atoms with Gasteiger partial charge in [0.2, 0.25) is 0 Å². The highest BCUT2D eigenvalue weighted by Gasteiger charge is 2.12. The van der Waals surface area contributed by atoms with Crippen molar-refractivity contribution in [1.82, 2.24) is 0 Å². The summed E-state index contributed by atoms with van der Waals surface area (Å²) in [5, 5.41) is 20.5. The maximum atomic E-state index is 10.8. The number of benzene rings is 2. The maximum Gasteiger partial charge on any atom is 0.270 e. The van der Waals surface area contributed by atoms with Gasteiger partial charge in [-0.2, -0.15) is 0 Å². The molecule has 0 aliphatic rings. The van der Waals surface area contributed by atoms with Gasteiger partial charge in [-0.1, -0.05) is 36.4 Å². The van der Waals surface area contributed by atoms with Crippen molar-refractivity contribution < 1.29 is 10.0 Å². The van der Waals surface area contributed by atoms with Crippen molar-refractivity contribution >= 4 is 5.69 Å². The minimum atomic E-state index is -0.611. The lowest BCUT2D eigenvalue weighted by atomic mass is 9.96. The molecule has 0 saturated heterocycles. The Balaban J connectivity index is 2.55. The summed E-state index contributed by atoms with van der Waals surface area (Å²) in [6, 6.07) is 13.8. The largest absolute Gasteiger partial charge is 0.389 e. The first-order valence-electron chi connectivity index (χ1n) is 5.61. The molecule has 1 unspecified atom stereocenters. The molecule has 0 aliphatic carbocycles. The summed E-state index contributed by atoms with van der Waals surface area (Å²) in [5.74, 6) is 0. The van der Waals surface area contributed by atoms with Crippen LogP contribution in [0.15, 0.2) is 48.5 Å². The lowest BCUT2D eigenvalue weighted by molar-refractivity contribution is -0.384. The third-order valence-corrected chi connectivity index (χ3v) is 2.78. The highest BCUT2D eigenvalue weighted by Crippen LogP contribution is 2.30. The van der Waals surface area contributed by atoms with E-state index in [4.69, 9.17) is 0 Å². The number of aliphatic hydroxyl groups is 1. The van der Waals surface area contributed by atoms with Gasteiger partial charge in [0.15, 0.2) is 0 Å². The molecule has 0 radical (unpaired) electrons. The van der Waals surface area contributed by atoms with Crippen molar-refractivity contribution in [2.45, 2.75) is 13.0 Å². The van der Waals surface area contributed by atoms with E-state index in [1.54, 1.807) is 19.1 Å². The molecule has 2 aromatic rings. The number of nitro benzene ring substituents is 1. The van der Waals surface area contributed by atoms with Crippen molar-refractivity contribution in [2.24, 2.45) is 0 Å². The standard InChI is InChI=1S/C14H13NO3/c1-10(16)13-7-2-3-8-14(13)11-5-4-6-12(9-11)15(17)18/h2-10,16H,1H3. The summed E-state index contributed by atoms with van der Waals surface area (Å²) >= 11 is 0. The molecule has 0 saturated carbocycles. The van der Waals surface area contributed by atoms with Crippen LogP contribution in [-0.2, 0) is 0 Å². The molecule has 0 amide bonds. The molecule has 1 atom stereocenters. The molecule has 0 heterocycles. The van der Waals surface area contributed by atoms with Crippen LogP contribution in [-0.4, -0.2) is 10.0 Å². The molecule has 2 aromatic carbocycles. The van der Waals surface area contributed by atoms with E-state index in [0.717, 1.165) is 16.7 Å². The molecule has 4 heteroatoms. The predicted octanol–water partition coefficient (Wildman–Crippen LogP) is 3.32. The fourth-order valence-electron chi connectivity index (χ4n) is 1.91. The van der Waals surface area contributed by atoms with Crippen molar-refractivity contribution in [3.8, 4) is 11.1 Å². The summed E-state index contributed by atoms with van der Waals surface area (Å²) < 4.78 is 0. The van der Waals surface area contributed by atoms with Crippen LogP contribution in [0, 0.1) is 10.1 Å². The van der Waals surface area contributed by atoms with Crippen LogP contribution < -0.4 is 0 Å². The van der Waals surface area contributed by atoms with Gasteiger partial charge in [0.05, 0.1) is 11.0 Å². The first-order chi connectivity index (χ1) is 8.59. The van der Waals surface area contributed by atoms with Crippen LogP contribution in [0.25, 0.3) is 11.1 Å². The van der Waals surface area contributed by atoms with E-state index in [1.165, 1.54) is 12.1 Å². The molecular formula is C14H13NO3. The van der Waals surface area contributed by atoms with Gasteiger partial charge < -0.3 is 5.11 Å². The van der Waals surface area contributed by atoms with Gasteiger partial charge >= 0.3 is 0 Å². The van der Waals surface area contributed by atoms with E-state index in [0.29, 0.717) is 0 Å². The lowest BCUT2D eigenvalue weighted by Gasteiger charge is -2.11. The Bertz CT molecular complexity index is 579. The van der Waals surface area contributed by atoms with Gasteiger partial charge in [-0.15, -0.1) is 0 Å². The van der Waals surface area contributed by atoms with E-state index in [9.17, 15) is 15.2 Å². The van der Waals surface area contributed by atoms with Gasteiger partial charge in [0, 0.05) is 12.1 Å². The Morgan fingerprint density at radius 3 is 2.56 bits per heavy atom. The van der Waals surface area contributed by atoms with Crippen LogP contribution in [0.1, 0.15) is 18.6 Å². The Morgan fingerprint density at radius 1 is 1.17 bits per heavy atom. The van der Waals surface area contributed by atoms with Crippen LogP contribution in [0.4, 0.5) is 5.69 Å². The minimum absolute atomic E-state index is 0.0490. The van der Waals surface area contributed by atoms with E-state index in [2.05, 4.69) is 0 Å². The third kappa shape index (κ3) is 2.38. The molecule has 92 valence electrons. The Morgan fingerprint density at radius 2 is 1.89 bits per heavy atom. The fraction of sp³-hybridized carbons (Fsp3) is 0.143. The van der Waals surface area contributed by atoms with Crippen molar-refractivity contribution in [2.75, 3.05) is 0 Å². The zero-order chi connectivity index (χ0) is 13.1. The molecule has 0 bridgehead atoms. The number of rotatable bonds is 3. The Hall–Kier alpha value is -2.20. The zero-order valence-corrected chi connectivity index (χ0v) is 9.91. The maximum absolute atomic E-state index is 10.8. The van der Waals surface area contributed by atoms with E-state index in [1.807, 2.05) is 24.3 Å². The number of non-ortho nitro benzene ring substituents is 1. The van der Waals surface area contributed by atoms with E-state index >= 15 is 0 Å². The van der Waals surface area contributed by atoms with Gasteiger partial charge in [-0.3, -0.25) is 10.1 Å². The van der Waals surface area contributed by atoms with Gasteiger partial charge in [-0.05, 0) is 23.6 Å². The number of aliphatic hydroxyl groups excluding tert-OH is 1. The van der Waals surface area contributed by atoms with E-state index < -0.39 is 11.0 Å². The number of nitro groups is 1. The highest BCUT2D eigenvalue weighted by molar-refractivity contribution is 5.69. The zero-order valence-electron chi connectivity index (χ0n) is 9.91. The summed E-state index contributed by atoms with van der Waals surface area (Å²) in [6.45, 7) is 1.68. The molecule has 1 N–H and O–H groups in total. The first kappa shape index (κ1) is 12.3. The van der Waals surface area contributed by atoms with Crippen molar-refractivity contribution in [3.63, 3.8) is 0 Å². The van der Waals surface area contributed by atoms with Crippen molar-refractivity contribution in [3.05, 3.63) is 64.2 Å². The van der Waals surface area contributed by atoms with E-state index in [-0.39, 0.29) is 5.69 Å². The monoisotopic (exact) mass is 243 g/mol. The first-order valence-corrected chi connectivity index (χ1v) is 5.61. The molecule has 18 heavy (non-hydrogen) atoms.